The minimum absolute atomic E-state index is 0.0573. The molecule has 0 aromatic heterocycles. The van der Waals surface area contributed by atoms with Gasteiger partial charge < -0.3 is 15.7 Å². The average Bonchev–Trinajstić information content (AvgIpc) is 2.32. The Labute approximate surface area is 118 Å². The summed E-state index contributed by atoms with van der Waals surface area (Å²) in [5.41, 5.74) is 5.65. The Bertz CT molecular complexity index is 472. The summed E-state index contributed by atoms with van der Waals surface area (Å²) in [6, 6.07) is 2.61. The number of nitrogens with two attached hydrogens (primary N) is 1. The summed E-state index contributed by atoms with van der Waals surface area (Å²) < 4.78 is 24.8. The second-order valence-corrected chi connectivity index (χ2v) is 4.52. The van der Waals surface area contributed by atoms with Crippen LogP contribution in [0.3, 0.4) is 0 Å². The van der Waals surface area contributed by atoms with E-state index >= 15 is 0 Å². The normalized spacial score (nSPS) is 10.8. The molecular weight excluding hydrogens is 301 g/mol. The van der Waals surface area contributed by atoms with E-state index in [1.54, 1.807) is 0 Å². The monoisotopic (exact) mass is 312 g/mol. The molecule has 1 aromatic rings. The number of amides is 1. The fourth-order valence-electron chi connectivity index (χ4n) is 1.50. The van der Waals surface area contributed by atoms with Gasteiger partial charge in [0.25, 0.3) is 12.3 Å². The molecule has 0 heterocycles. The molecule has 0 atom stereocenters. The van der Waals surface area contributed by atoms with Crippen LogP contribution in [0.2, 0.25) is 10.0 Å². The Kier molecular flexibility index (Phi) is 5.78. The molecule has 0 unspecified atom stereocenters. The highest BCUT2D eigenvalue weighted by molar-refractivity contribution is 6.44. The molecule has 4 nitrogen and oxygen atoms in total. The van der Waals surface area contributed by atoms with Gasteiger partial charge in [0.05, 0.1) is 28.8 Å². The van der Waals surface area contributed by atoms with Crippen molar-refractivity contribution >= 4 is 34.8 Å². The summed E-state index contributed by atoms with van der Waals surface area (Å²) in [6.07, 6.45) is -2.72. The number of hydrogen-bond acceptors (Lipinski definition) is 3. The summed E-state index contributed by atoms with van der Waals surface area (Å²) >= 11 is 11.6. The van der Waals surface area contributed by atoms with E-state index in [2.05, 4.69) is 0 Å². The number of carbonyl (C=O) groups is 1. The summed E-state index contributed by atoms with van der Waals surface area (Å²) in [7, 11) is 0. The predicted molar refractivity (Wildman–Crippen MR) is 69.9 cm³/mol. The van der Waals surface area contributed by atoms with Crippen LogP contribution in [-0.4, -0.2) is 42.0 Å². The third kappa shape index (κ3) is 4.19. The molecule has 1 aromatic carbocycles. The van der Waals surface area contributed by atoms with Gasteiger partial charge in [-0.05, 0) is 12.1 Å². The van der Waals surface area contributed by atoms with Gasteiger partial charge in [-0.25, -0.2) is 8.78 Å². The van der Waals surface area contributed by atoms with E-state index in [9.17, 15) is 13.6 Å². The smallest absolute Gasteiger partial charge is 0.255 e. The first-order valence-corrected chi connectivity index (χ1v) is 6.05. The number of anilines is 1. The number of rotatable bonds is 5. The maximum Gasteiger partial charge on any atom is 0.255 e. The Morgan fingerprint density at radius 2 is 2.05 bits per heavy atom. The van der Waals surface area contributed by atoms with Gasteiger partial charge in [-0.2, -0.15) is 0 Å². The van der Waals surface area contributed by atoms with Crippen LogP contribution in [0.15, 0.2) is 12.1 Å². The number of aliphatic hydroxyl groups is 1. The zero-order valence-electron chi connectivity index (χ0n) is 9.75. The summed E-state index contributed by atoms with van der Waals surface area (Å²) in [4.78, 5) is 12.9. The summed E-state index contributed by atoms with van der Waals surface area (Å²) in [6.45, 7) is -1.47. The van der Waals surface area contributed by atoms with Gasteiger partial charge in [-0.3, -0.25) is 4.79 Å². The van der Waals surface area contributed by atoms with Crippen LogP contribution in [-0.2, 0) is 0 Å². The highest BCUT2D eigenvalue weighted by atomic mass is 35.5. The van der Waals surface area contributed by atoms with Crippen LogP contribution < -0.4 is 5.73 Å². The van der Waals surface area contributed by atoms with Crippen LogP contribution in [0.25, 0.3) is 0 Å². The number of carbonyl (C=O) groups excluding carboxylic acids is 1. The van der Waals surface area contributed by atoms with Gasteiger partial charge >= 0.3 is 0 Å². The van der Waals surface area contributed by atoms with Crippen LogP contribution in [0.4, 0.5) is 14.5 Å². The van der Waals surface area contributed by atoms with Crippen molar-refractivity contribution in [3.05, 3.63) is 27.7 Å². The van der Waals surface area contributed by atoms with Crippen LogP contribution in [0.1, 0.15) is 10.4 Å². The molecule has 1 amide bonds. The quantitative estimate of drug-likeness (QED) is 0.820. The average molecular weight is 313 g/mol. The largest absolute Gasteiger partial charge is 0.399 e. The van der Waals surface area contributed by atoms with E-state index in [1.165, 1.54) is 12.1 Å². The Balaban J connectivity index is 3.08. The topological polar surface area (TPSA) is 66.6 Å². The lowest BCUT2D eigenvalue weighted by Gasteiger charge is -2.22. The van der Waals surface area contributed by atoms with Gasteiger partial charge in [0, 0.05) is 12.2 Å². The number of nitrogen functional groups attached to an aromatic ring is 1. The maximum atomic E-state index is 12.4. The van der Waals surface area contributed by atoms with Crippen molar-refractivity contribution in [2.75, 3.05) is 25.4 Å². The fraction of sp³-hybridized carbons (Fsp3) is 0.364. The SMILES string of the molecule is Nc1cc(Cl)c(Cl)c(C(=O)N(CCO)CC(F)F)c1. The third-order valence-corrected chi connectivity index (χ3v) is 3.10. The molecule has 0 fully saturated rings. The fourth-order valence-corrected chi connectivity index (χ4v) is 1.92. The van der Waals surface area contributed by atoms with E-state index in [-0.39, 0.29) is 27.8 Å². The zero-order chi connectivity index (χ0) is 14.6. The third-order valence-electron chi connectivity index (χ3n) is 2.30. The molecule has 3 N–H and O–H groups in total. The van der Waals surface area contributed by atoms with Crippen molar-refractivity contribution in [2.24, 2.45) is 0 Å². The summed E-state index contributed by atoms with van der Waals surface area (Å²) in [5, 5.41) is 8.81. The molecule has 0 saturated heterocycles. The number of benzene rings is 1. The molecule has 0 aliphatic carbocycles. The molecule has 0 bridgehead atoms. The minimum Gasteiger partial charge on any atom is -0.399 e. The van der Waals surface area contributed by atoms with Crippen LogP contribution in [0.5, 0.6) is 0 Å². The maximum absolute atomic E-state index is 12.4. The van der Waals surface area contributed by atoms with Gasteiger partial charge in [-0.15, -0.1) is 0 Å². The molecule has 0 aliphatic rings. The molecule has 0 aliphatic heterocycles. The lowest BCUT2D eigenvalue weighted by Crippen LogP contribution is -2.37. The van der Waals surface area contributed by atoms with Crippen molar-refractivity contribution in [3.63, 3.8) is 0 Å². The lowest BCUT2D eigenvalue weighted by molar-refractivity contribution is 0.0509. The zero-order valence-corrected chi connectivity index (χ0v) is 11.3. The minimum atomic E-state index is -2.72. The van der Waals surface area contributed by atoms with Crippen molar-refractivity contribution in [1.29, 1.82) is 0 Å². The number of hydrogen-bond donors (Lipinski definition) is 2. The number of alkyl halides is 2. The van der Waals surface area contributed by atoms with E-state index in [0.717, 1.165) is 4.90 Å². The van der Waals surface area contributed by atoms with Crippen LogP contribution >= 0.6 is 23.2 Å². The number of halogens is 4. The first-order chi connectivity index (χ1) is 8.86. The van der Waals surface area contributed by atoms with Crippen molar-refractivity contribution in [1.82, 2.24) is 4.90 Å². The Morgan fingerprint density at radius 3 is 2.58 bits per heavy atom. The highest BCUT2D eigenvalue weighted by Gasteiger charge is 2.22. The van der Waals surface area contributed by atoms with Gasteiger partial charge in [-0.1, -0.05) is 23.2 Å². The van der Waals surface area contributed by atoms with Crippen molar-refractivity contribution in [3.8, 4) is 0 Å². The molecule has 8 heteroatoms. The van der Waals surface area contributed by atoms with Gasteiger partial charge in [0.1, 0.15) is 0 Å². The first-order valence-electron chi connectivity index (χ1n) is 5.29. The molecule has 0 radical (unpaired) electrons. The van der Waals surface area contributed by atoms with E-state index < -0.39 is 25.5 Å². The van der Waals surface area contributed by atoms with Crippen molar-refractivity contribution in [2.45, 2.75) is 6.43 Å². The van der Waals surface area contributed by atoms with Gasteiger partial charge in [0.15, 0.2) is 0 Å². The van der Waals surface area contributed by atoms with E-state index in [1.807, 2.05) is 0 Å². The predicted octanol–water partition coefficient (Wildman–Crippen LogP) is 2.28. The Hall–Kier alpha value is -1.11. The Morgan fingerprint density at radius 1 is 1.42 bits per heavy atom. The molecule has 19 heavy (non-hydrogen) atoms. The second kappa shape index (κ2) is 6.88. The van der Waals surface area contributed by atoms with E-state index in [0.29, 0.717) is 0 Å². The molecular formula is C11H12Cl2F2N2O2. The molecule has 106 valence electrons. The highest BCUT2D eigenvalue weighted by Crippen LogP contribution is 2.29. The van der Waals surface area contributed by atoms with Gasteiger partial charge in [0.2, 0.25) is 0 Å². The number of aliphatic hydroxyl groups excluding tert-OH is 1. The van der Waals surface area contributed by atoms with E-state index in [4.69, 9.17) is 34.0 Å². The molecule has 0 spiro atoms. The second-order valence-electron chi connectivity index (χ2n) is 3.73. The molecule has 0 saturated carbocycles. The summed E-state index contributed by atoms with van der Waals surface area (Å²) in [5.74, 6) is -0.756. The standard InChI is InChI=1S/C11H12Cl2F2N2O2/c12-8-4-6(16)3-7(10(8)13)11(19)17(1-2-18)5-9(14)15/h3-4,9,18H,1-2,5,16H2. The first kappa shape index (κ1) is 15.9. The van der Waals surface area contributed by atoms with Crippen molar-refractivity contribution < 1.29 is 18.7 Å². The van der Waals surface area contributed by atoms with Crippen LogP contribution in [0, 0.1) is 0 Å². The lowest BCUT2D eigenvalue weighted by atomic mass is 10.1. The number of nitrogens with zero attached hydrogens (tertiary/aromatic N) is 1. The molecule has 1 rings (SSSR count).